The predicted molar refractivity (Wildman–Crippen MR) is 65.1 cm³/mol. The monoisotopic (exact) mass is 242 g/mol. The van der Waals surface area contributed by atoms with Gasteiger partial charge in [0.25, 0.3) is 0 Å². The molecule has 0 saturated heterocycles. The maximum Gasteiger partial charge on any atom is 0.323 e. The first-order valence-corrected chi connectivity index (χ1v) is 5.35. The van der Waals surface area contributed by atoms with Gasteiger partial charge in [0.2, 0.25) is 0 Å². The molecule has 0 amide bonds. The lowest BCUT2D eigenvalue weighted by molar-refractivity contribution is -0.135. The molecule has 1 aromatic rings. The van der Waals surface area contributed by atoms with Crippen molar-refractivity contribution in [3.05, 3.63) is 28.8 Å². The van der Waals surface area contributed by atoms with E-state index in [4.69, 9.17) is 22.4 Å². The van der Waals surface area contributed by atoms with Gasteiger partial charge in [-0.25, -0.2) is 0 Å². The summed E-state index contributed by atoms with van der Waals surface area (Å²) in [7, 11) is 0. The lowest BCUT2D eigenvalue weighted by Gasteiger charge is -2.24. The van der Waals surface area contributed by atoms with Gasteiger partial charge in [-0.05, 0) is 30.7 Å². The lowest BCUT2D eigenvalue weighted by Crippen LogP contribution is -2.34. The van der Waals surface area contributed by atoms with Gasteiger partial charge in [-0.15, -0.1) is 0 Å². The average Bonchev–Trinajstić information content (AvgIpc) is 2.16. The van der Waals surface area contributed by atoms with Gasteiger partial charge in [0.1, 0.15) is 6.54 Å². The molecular formula is C11H15ClN2O2. The van der Waals surface area contributed by atoms with E-state index >= 15 is 0 Å². The van der Waals surface area contributed by atoms with Gasteiger partial charge in [-0.3, -0.25) is 4.79 Å². The van der Waals surface area contributed by atoms with Gasteiger partial charge in [0, 0.05) is 23.8 Å². The number of aryl methyl sites for hydroxylation is 1. The second-order valence-electron chi connectivity index (χ2n) is 3.53. The second kappa shape index (κ2) is 5.72. The van der Waals surface area contributed by atoms with Gasteiger partial charge < -0.3 is 15.7 Å². The van der Waals surface area contributed by atoms with Crippen LogP contribution < -0.4 is 10.6 Å². The molecule has 88 valence electrons. The summed E-state index contributed by atoms with van der Waals surface area (Å²) in [6, 6.07) is 5.37. The van der Waals surface area contributed by atoms with Crippen molar-refractivity contribution in [2.75, 3.05) is 24.5 Å². The minimum Gasteiger partial charge on any atom is -0.480 e. The maximum atomic E-state index is 10.7. The molecule has 0 aliphatic rings. The highest BCUT2D eigenvalue weighted by Crippen LogP contribution is 2.23. The Morgan fingerprint density at radius 1 is 1.56 bits per heavy atom. The molecule has 0 bridgehead atoms. The molecule has 0 atom stereocenters. The molecule has 0 aromatic heterocycles. The molecule has 1 rings (SSSR count). The molecule has 5 heteroatoms. The van der Waals surface area contributed by atoms with Crippen molar-refractivity contribution in [1.82, 2.24) is 0 Å². The summed E-state index contributed by atoms with van der Waals surface area (Å²) < 4.78 is 0. The summed E-state index contributed by atoms with van der Waals surface area (Å²) >= 11 is 5.84. The normalized spacial score (nSPS) is 10.2. The molecule has 0 aliphatic heterocycles. The van der Waals surface area contributed by atoms with Crippen LogP contribution in [0, 0.1) is 6.92 Å². The van der Waals surface area contributed by atoms with E-state index in [2.05, 4.69) is 0 Å². The van der Waals surface area contributed by atoms with Gasteiger partial charge in [-0.2, -0.15) is 0 Å². The lowest BCUT2D eigenvalue weighted by atomic mass is 10.2. The minimum absolute atomic E-state index is 0.0559. The summed E-state index contributed by atoms with van der Waals surface area (Å²) in [6.45, 7) is 2.76. The number of hydrogen-bond acceptors (Lipinski definition) is 3. The number of nitrogens with two attached hydrogens (primary N) is 1. The molecular weight excluding hydrogens is 228 g/mol. The smallest absolute Gasteiger partial charge is 0.323 e. The Hall–Kier alpha value is -1.26. The number of hydrogen-bond donors (Lipinski definition) is 2. The Balaban J connectivity index is 2.95. The zero-order valence-corrected chi connectivity index (χ0v) is 9.87. The number of aliphatic carboxylic acids is 1. The van der Waals surface area contributed by atoms with E-state index in [9.17, 15) is 4.79 Å². The van der Waals surface area contributed by atoms with Crippen LogP contribution in [0.15, 0.2) is 18.2 Å². The molecule has 0 fully saturated rings. The summed E-state index contributed by atoms with van der Waals surface area (Å²) in [6.07, 6.45) is 0. The highest BCUT2D eigenvalue weighted by atomic mass is 35.5. The van der Waals surface area contributed by atoms with Gasteiger partial charge in [-0.1, -0.05) is 11.6 Å². The predicted octanol–water partition coefficient (Wildman–Crippen LogP) is 1.50. The molecule has 0 heterocycles. The number of nitrogens with zero attached hydrogens (tertiary/aromatic N) is 1. The van der Waals surface area contributed by atoms with Crippen molar-refractivity contribution >= 4 is 23.3 Å². The Labute approximate surface area is 99.6 Å². The van der Waals surface area contributed by atoms with Gasteiger partial charge >= 0.3 is 5.97 Å². The zero-order chi connectivity index (χ0) is 12.1. The third kappa shape index (κ3) is 3.40. The molecule has 1 aromatic carbocycles. The molecule has 4 nitrogen and oxygen atoms in total. The summed E-state index contributed by atoms with van der Waals surface area (Å²) in [4.78, 5) is 12.5. The SMILES string of the molecule is Cc1cc(Cl)ccc1N(CCN)CC(=O)O. The van der Waals surface area contributed by atoms with E-state index in [-0.39, 0.29) is 6.54 Å². The summed E-state index contributed by atoms with van der Waals surface area (Å²) in [5.41, 5.74) is 7.27. The van der Waals surface area contributed by atoms with Gasteiger partial charge in [0.05, 0.1) is 0 Å². The fraction of sp³-hybridized carbons (Fsp3) is 0.364. The van der Waals surface area contributed by atoms with E-state index < -0.39 is 5.97 Å². The van der Waals surface area contributed by atoms with E-state index in [1.54, 1.807) is 11.0 Å². The Bertz CT molecular complexity index is 382. The largest absolute Gasteiger partial charge is 0.480 e. The van der Waals surface area contributed by atoms with Crippen LogP contribution in [0.25, 0.3) is 0 Å². The molecule has 0 radical (unpaired) electrons. The molecule has 0 unspecified atom stereocenters. The van der Waals surface area contributed by atoms with Crippen molar-refractivity contribution in [2.24, 2.45) is 5.73 Å². The Morgan fingerprint density at radius 3 is 2.75 bits per heavy atom. The third-order valence-electron chi connectivity index (χ3n) is 2.22. The van der Waals surface area contributed by atoms with Crippen molar-refractivity contribution < 1.29 is 9.90 Å². The van der Waals surface area contributed by atoms with Gasteiger partial charge in [0.15, 0.2) is 0 Å². The van der Waals surface area contributed by atoms with Crippen molar-refractivity contribution in [3.8, 4) is 0 Å². The van der Waals surface area contributed by atoms with E-state index in [1.165, 1.54) is 0 Å². The van der Waals surface area contributed by atoms with Crippen LogP contribution in [0.3, 0.4) is 0 Å². The van der Waals surface area contributed by atoms with Crippen LogP contribution in [0.1, 0.15) is 5.56 Å². The van der Waals surface area contributed by atoms with Crippen LogP contribution in [-0.2, 0) is 4.79 Å². The number of carbonyl (C=O) groups is 1. The van der Waals surface area contributed by atoms with E-state index in [0.29, 0.717) is 18.1 Å². The van der Waals surface area contributed by atoms with Crippen LogP contribution >= 0.6 is 11.6 Å². The van der Waals surface area contributed by atoms with Crippen molar-refractivity contribution in [3.63, 3.8) is 0 Å². The minimum atomic E-state index is -0.872. The highest BCUT2D eigenvalue weighted by Gasteiger charge is 2.12. The molecule has 16 heavy (non-hydrogen) atoms. The fourth-order valence-corrected chi connectivity index (χ4v) is 1.80. The average molecular weight is 243 g/mol. The quantitative estimate of drug-likeness (QED) is 0.821. The van der Waals surface area contributed by atoms with Crippen LogP contribution in [0.2, 0.25) is 5.02 Å². The number of benzene rings is 1. The maximum absolute atomic E-state index is 10.7. The van der Waals surface area contributed by atoms with Crippen LogP contribution in [0.5, 0.6) is 0 Å². The molecule has 3 N–H and O–H groups in total. The number of halogens is 1. The first-order valence-electron chi connectivity index (χ1n) is 4.97. The number of carboxylic acids is 1. The Kier molecular flexibility index (Phi) is 4.58. The first kappa shape index (κ1) is 12.8. The van der Waals surface area contributed by atoms with Crippen LogP contribution in [-0.4, -0.2) is 30.7 Å². The first-order chi connectivity index (χ1) is 7.54. The van der Waals surface area contributed by atoms with E-state index in [0.717, 1.165) is 11.3 Å². The Morgan fingerprint density at radius 2 is 2.25 bits per heavy atom. The fourth-order valence-electron chi connectivity index (χ4n) is 1.58. The standard InChI is InChI=1S/C11H15ClN2O2/c1-8-6-9(12)2-3-10(8)14(5-4-13)7-11(15)16/h2-3,6H,4-5,7,13H2,1H3,(H,15,16). The molecule has 0 saturated carbocycles. The highest BCUT2D eigenvalue weighted by molar-refractivity contribution is 6.30. The van der Waals surface area contributed by atoms with Crippen molar-refractivity contribution in [2.45, 2.75) is 6.92 Å². The third-order valence-corrected chi connectivity index (χ3v) is 2.46. The topological polar surface area (TPSA) is 66.6 Å². The second-order valence-corrected chi connectivity index (χ2v) is 3.97. The summed E-state index contributed by atoms with van der Waals surface area (Å²) in [5.74, 6) is -0.872. The van der Waals surface area contributed by atoms with Crippen molar-refractivity contribution in [1.29, 1.82) is 0 Å². The molecule has 0 aliphatic carbocycles. The van der Waals surface area contributed by atoms with Crippen LogP contribution in [0.4, 0.5) is 5.69 Å². The molecule has 0 spiro atoms. The summed E-state index contributed by atoms with van der Waals surface area (Å²) in [5, 5.41) is 9.45. The van der Waals surface area contributed by atoms with E-state index in [1.807, 2.05) is 19.1 Å². The zero-order valence-electron chi connectivity index (χ0n) is 9.11. The number of carboxylic acid groups (broad SMARTS) is 1. The number of rotatable bonds is 5. The number of anilines is 1.